The van der Waals surface area contributed by atoms with Crippen molar-refractivity contribution in [2.45, 2.75) is 51.5 Å². The molecule has 0 aromatic rings. The van der Waals surface area contributed by atoms with Gasteiger partial charge >= 0.3 is 0 Å². The molecule has 0 spiro atoms. The molecule has 0 aliphatic heterocycles. The molecule has 17 heavy (non-hydrogen) atoms. The summed E-state index contributed by atoms with van der Waals surface area (Å²) in [5, 5.41) is 4.00. The lowest BCUT2D eigenvalue weighted by Gasteiger charge is -2.39. The van der Waals surface area contributed by atoms with Crippen LogP contribution in [0.4, 0.5) is 0 Å². The van der Waals surface area contributed by atoms with Gasteiger partial charge in [-0.1, -0.05) is 42.6 Å². The summed E-state index contributed by atoms with van der Waals surface area (Å²) in [6, 6.07) is 0. The van der Waals surface area contributed by atoms with Gasteiger partial charge in [0.1, 0.15) is 6.61 Å². The molecule has 0 aromatic heterocycles. The van der Waals surface area contributed by atoms with Crippen molar-refractivity contribution in [3.8, 4) is 0 Å². The Bertz CT molecular complexity index is 248. The molecule has 100 valence electrons. The van der Waals surface area contributed by atoms with Gasteiger partial charge in [-0.15, -0.1) is 0 Å². The number of amides is 1. The predicted molar refractivity (Wildman–Crippen MR) is 73.4 cm³/mol. The summed E-state index contributed by atoms with van der Waals surface area (Å²) >= 11 is 3.55. The molecule has 0 aromatic carbocycles. The number of halogens is 1. The van der Waals surface area contributed by atoms with Crippen molar-refractivity contribution in [1.29, 1.82) is 0 Å². The fourth-order valence-electron chi connectivity index (χ4n) is 2.57. The molecule has 3 nitrogen and oxygen atoms in total. The first kappa shape index (κ1) is 15.0. The molecule has 0 radical (unpaired) electrons. The van der Waals surface area contributed by atoms with Gasteiger partial charge in [-0.3, -0.25) is 4.79 Å². The van der Waals surface area contributed by atoms with Crippen LogP contribution >= 0.6 is 15.9 Å². The van der Waals surface area contributed by atoms with Gasteiger partial charge in [-0.05, 0) is 25.2 Å². The maximum Gasteiger partial charge on any atom is 0.246 e. The van der Waals surface area contributed by atoms with Crippen molar-refractivity contribution in [2.75, 3.05) is 18.5 Å². The molecule has 0 heterocycles. The number of rotatable bonds is 6. The summed E-state index contributed by atoms with van der Waals surface area (Å²) < 4.78 is 5.28. The highest BCUT2D eigenvalue weighted by Gasteiger charge is 2.35. The predicted octanol–water partition coefficient (Wildman–Crippen LogP) is 2.87. The second-order valence-electron chi connectivity index (χ2n) is 5.22. The van der Waals surface area contributed by atoms with Crippen molar-refractivity contribution >= 4 is 21.8 Å². The highest BCUT2D eigenvalue weighted by atomic mass is 79.9. The molecule has 1 aliphatic rings. The van der Waals surface area contributed by atoms with Crippen molar-refractivity contribution < 1.29 is 9.53 Å². The molecule has 1 N–H and O–H groups in total. The SMILES string of the molecule is CCCOCC(=O)NC1(CBr)CCCC(C)C1. The Hall–Kier alpha value is -0.0900. The number of hydrogen-bond donors (Lipinski definition) is 1. The van der Waals surface area contributed by atoms with Gasteiger partial charge in [0.15, 0.2) is 0 Å². The number of ether oxygens (including phenoxy) is 1. The zero-order valence-electron chi connectivity index (χ0n) is 10.9. The summed E-state index contributed by atoms with van der Waals surface area (Å²) in [6.45, 7) is 5.15. The van der Waals surface area contributed by atoms with E-state index in [-0.39, 0.29) is 18.1 Å². The van der Waals surface area contributed by atoms with Crippen LogP contribution in [0.1, 0.15) is 46.0 Å². The summed E-state index contributed by atoms with van der Waals surface area (Å²) in [7, 11) is 0. The Morgan fingerprint density at radius 2 is 2.35 bits per heavy atom. The number of nitrogens with one attached hydrogen (secondary N) is 1. The number of hydrogen-bond acceptors (Lipinski definition) is 2. The van der Waals surface area contributed by atoms with Crippen molar-refractivity contribution in [1.82, 2.24) is 5.32 Å². The van der Waals surface area contributed by atoms with Crippen LogP contribution in [0.25, 0.3) is 0 Å². The van der Waals surface area contributed by atoms with Gasteiger partial charge in [-0.25, -0.2) is 0 Å². The molecule has 4 heteroatoms. The first-order valence-corrected chi connectivity index (χ1v) is 7.69. The summed E-state index contributed by atoms with van der Waals surface area (Å²) in [5.74, 6) is 0.713. The first-order chi connectivity index (χ1) is 8.12. The number of alkyl halides is 1. The molecule has 1 rings (SSSR count). The Morgan fingerprint density at radius 3 is 2.94 bits per heavy atom. The normalized spacial score (nSPS) is 29.0. The monoisotopic (exact) mass is 305 g/mol. The van der Waals surface area contributed by atoms with Gasteiger partial charge in [-0.2, -0.15) is 0 Å². The van der Waals surface area contributed by atoms with E-state index in [1.165, 1.54) is 12.8 Å². The average Bonchev–Trinajstić information content (AvgIpc) is 2.29. The molecule has 0 bridgehead atoms. The second kappa shape index (κ2) is 7.37. The molecule has 1 fully saturated rings. The van der Waals surface area contributed by atoms with E-state index >= 15 is 0 Å². The largest absolute Gasteiger partial charge is 0.372 e. The molecule has 1 aliphatic carbocycles. The maximum atomic E-state index is 11.8. The van der Waals surface area contributed by atoms with Crippen LogP contribution in [-0.4, -0.2) is 30.0 Å². The van der Waals surface area contributed by atoms with Crippen LogP contribution in [0.5, 0.6) is 0 Å². The minimum atomic E-state index is -0.0513. The lowest BCUT2D eigenvalue weighted by molar-refractivity contribution is -0.128. The molecule has 2 atom stereocenters. The summed E-state index contributed by atoms with van der Waals surface area (Å²) in [5.41, 5.74) is -0.0513. The van der Waals surface area contributed by atoms with E-state index in [0.717, 1.165) is 24.6 Å². The number of carbonyl (C=O) groups excluding carboxylic acids is 1. The second-order valence-corrected chi connectivity index (χ2v) is 5.78. The third kappa shape index (κ3) is 4.96. The molecular weight excluding hydrogens is 282 g/mol. The molecule has 1 saturated carbocycles. The third-order valence-corrected chi connectivity index (χ3v) is 4.41. The quantitative estimate of drug-likeness (QED) is 0.605. The van der Waals surface area contributed by atoms with Crippen LogP contribution < -0.4 is 5.32 Å². The lowest BCUT2D eigenvalue weighted by Crippen LogP contribution is -2.53. The van der Waals surface area contributed by atoms with Crippen LogP contribution in [0.15, 0.2) is 0 Å². The van der Waals surface area contributed by atoms with Gasteiger partial charge in [0.25, 0.3) is 0 Å². The van der Waals surface area contributed by atoms with E-state index in [9.17, 15) is 4.79 Å². The van der Waals surface area contributed by atoms with E-state index in [1.807, 2.05) is 6.92 Å². The van der Waals surface area contributed by atoms with Gasteiger partial charge < -0.3 is 10.1 Å². The van der Waals surface area contributed by atoms with Gasteiger partial charge in [0.2, 0.25) is 5.91 Å². The first-order valence-electron chi connectivity index (χ1n) is 6.56. The Labute approximate surface area is 113 Å². The molecule has 0 saturated heterocycles. The zero-order chi connectivity index (χ0) is 12.7. The zero-order valence-corrected chi connectivity index (χ0v) is 12.5. The minimum absolute atomic E-state index is 0.0204. The van der Waals surface area contributed by atoms with Crippen molar-refractivity contribution in [2.24, 2.45) is 5.92 Å². The molecule has 2 unspecified atom stereocenters. The lowest BCUT2D eigenvalue weighted by atomic mass is 9.77. The molecular formula is C13H24BrNO2. The number of carbonyl (C=O) groups is 1. The van der Waals surface area contributed by atoms with Gasteiger partial charge in [0.05, 0.1) is 5.54 Å². The van der Waals surface area contributed by atoms with Crippen LogP contribution in [0, 0.1) is 5.92 Å². The van der Waals surface area contributed by atoms with Crippen LogP contribution in [-0.2, 0) is 9.53 Å². The van der Waals surface area contributed by atoms with E-state index in [4.69, 9.17) is 4.74 Å². The third-order valence-electron chi connectivity index (χ3n) is 3.33. The van der Waals surface area contributed by atoms with E-state index in [0.29, 0.717) is 12.5 Å². The standard InChI is InChI=1S/C13H24BrNO2/c1-3-7-17-9-12(16)15-13(10-14)6-4-5-11(2)8-13/h11H,3-10H2,1-2H3,(H,15,16). The van der Waals surface area contributed by atoms with E-state index in [1.54, 1.807) is 0 Å². The fourth-order valence-corrected chi connectivity index (χ4v) is 3.22. The van der Waals surface area contributed by atoms with Crippen LogP contribution in [0.3, 0.4) is 0 Å². The minimum Gasteiger partial charge on any atom is -0.372 e. The highest BCUT2D eigenvalue weighted by Crippen LogP contribution is 2.33. The topological polar surface area (TPSA) is 38.3 Å². The fraction of sp³-hybridized carbons (Fsp3) is 0.923. The maximum absolute atomic E-state index is 11.8. The molecule has 1 amide bonds. The Morgan fingerprint density at radius 1 is 1.59 bits per heavy atom. The van der Waals surface area contributed by atoms with Gasteiger partial charge in [0, 0.05) is 11.9 Å². The summed E-state index contributed by atoms with van der Waals surface area (Å²) in [6.07, 6.45) is 5.56. The Balaban J connectivity index is 2.42. The highest BCUT2D eigenvalue weighted by molar-refractivity contribution is 9.09. The van der Waals surface area contributed by atoms with Crippen molar-refractivity contribution in [3.63, 3.8) is 0 Å². The average molecular weight is 306 g/mol. The van der Waals surface area contributed by atoms with E-state index in [2.05, 4.69) is 28.2 Å². The Kier molecular flexibility index (Phi) is 6.49. The van der Waals surface area contributed by atoms with E-state index < -0.39 is 0 Å². The summed E-state index contributed by atoms with van der Waals surface area (Å²) in [4.78, 5) is 11.8. The van der Waals surface area contributed by atoms with Crippen LogP contribution in [0.2, 0.25) is 0 Å². The van der Waals surface area contributed by atoms with Crippen molar-refractivity contribution in [3.05, 3.63) is 0 Å². The smallest absolute Gasteiger partial charge is 0.246 e.